The lowest BCUT2D eigenvalue weighted by atomic mass is 9.58. The number of nitrogens with two attached hydrogens (primary N) is 1. The van der Waals surface area contributed by atoms with E-state index in [4.69, 9.17) is 5.73 Å². The summed E-state index contributed by atoms with van der Waals surface area (Å²) in [6.45, 7) is 6.55. The molecule has 18 heavy (non-hydrogen) atoms. The summed E-state index contributed by atoms with van der Waals surface area (Å²) in [6, 6.07) is 1.79. The standard InChI is InChI=1S/C15H22N2O/c1-13(2)10-4-6-14(3,8-10)15(13,18)11-9-17-7-5-12(11)16/h5,7,9-10,18H,4,6,8H2,1-3H3,(H2,16,17). The van der Waals surface area contributed by atoms with Gasteiger partial charge < -0.3 is 10.8 Å². The lowest BCUT2D eigenvalue weighted by Crippen LogP contribution is -2.51. The van der Waals surface area contributed by atoms with Crippen molar-refractivity contribution in [1.29, 1.82) is 0 Å². The number of anilines is 1. The summed E-state index contributed by atoms with van der Waals surface area (Å²) in [4.78, 5) is 4.18. The maximum absolute atomic E-state index is 11.5. The van der Waals surface area contributed by atoms with Crippen LogP contribution >= 0.6 is 0 Å². The number of hydrogen-bond donors (Lipinski definition) is 2. The normalized spacial score (nSPS) is 41.2. The van der Waals surface area contributed by atoms with Crippen LogP contribution in [0.25, 0.3) is 0 Å². The van der Waals surface area contributed by atoms with Crippen LogP contribution in [0.2, 0.25) is 0 Å². The Hall–Kier alpha value is -1.09. The van der Waals surface area contributed by atoms with E-state index >= 15 is 0 Å². The molecule has 0 aromatic carbocycles. The third-order valence-corrected chi connectivity index (χ3v) is 5.81. The van der Waals surface area contributed by atoms with Crippen LogP contribution in [0, 0.1) is 16.7 Å². The molecule has 98 valence electrons. The number of pyridine rings is 1. The molecule has 0 saturated heterocycles. The summed E-state index contributed by atoms with van der Waals surface area (Å²) >= 11 is 0. The van der Waals surface area contributed by atoms with E-state index in [1.807, 2.05) is 0 Å². The van der Waals surface area contributed by atoms with Crippen molar-refractivity contribution in [2.75, 3.05) is 5.73 Å². The van der Waals surface area contributed by atoms with Gasteiger partial charge in [0.25, 0.3) is 0 Å². The molecule has 2 aliphatic rings. The molecular formula is C15H22N2O. The SMILES string of the molecule is CC12CCC(C1)C(C)(C)C2(O)c1cnccc1N. The number of aromatic nitrogens is 1. The van der Waals surface area contributed by atoms with Gasteiger partial charge in [-0.15, -0.1) is 0 Å². The van der Waals surface area contributed by atoms with Gasteiger partial charge in [-0.1, -0.05) is 20.8 Å². The van der Waals surface area contributed by atoms with E-state index in [2.05, 4.69) is 25.8 Å². The van der Waals surface area contributed by atoms with Crippen molar-refractivity contribution in [3.63, 3.8) is 0 Å². The third kappa shape index (κ3) is 1.11. The minimum atomic E-state index is -0.860. The first kappa shape index (κ1) is 12.0. The fourth-order valence-electron chi connectivity index (χ4n) is 4.64. The lowest BCUT2D eigenvalue weighted by molar-refractivity contribution is -0.150. The Morgan fingerprint density at radius 1 is 1.39 bits per heavy atom. The third-order valence-electron chi connectivity index (χ3n) is 5.81. The van der Waals surface area contributed by atoms with Crippen molar-refractivity contribution >= 4 is 5.69 Å². The smallest absolute Gasteiger partial charge is 0.104 e. The maximum atomic E-state index is 11.5. The highest BCUT2D eigenvalue weighted by molar-refractivity contribution is 5.51. The van der Waals surface area contributed by atoms with Crippen LogP contribution in [-0.4, -0.2) is 10.1 Å². The molecule has 2 saturated carbocycles. The molecule has 3 unspecified atom stereocenters. The first-order valence-electron chi connectivity index (χ1n) is 6.75. The number of fused-ring (bicyclic) bond motifs is 2. The Labute approximate surface area is 108 Å². The zero-order chi connectivity index (χ0) is 13.2. The van der Waals surface area contributed by atoms with Crippen molar-refractivity contribution in [1.82, 2.24) is 4.98 Å². The fraction of sp³-hybridized carbons (Fsp3) is 0.667. The van der Waals surface area contributed by atoms with E-state index in [0.29, 0.717) is 11.6 Å². The van der Waals surface area contributed by atoms with E-state index in [-0.39, 0.29) is 10.8 Å². The first-order valence-corrected chi connectivity index (χ1v) is 6.75. The monoisotopic (exact) mass is 246 g/mol. The van der Waals surface area contributed by atoms with Gasteiger partial charge in [0.1, 0.15) is 5.60 Å². The summed E-state index contributed by atoms with van der Waals surface area (Å²) in [7, 11) is 0. The molecule has 0 aliphatic heterocycles. The predicted octanol–water partition coefficient (Wildman–Crippen LogP) is 2.70. The Morgan fingerprint density at radius 2 is 2.11 bits per heavy atom. The first-order chi connectivity index (χ1) is 8.33. The molecule has 0 radical (unpaired) electrons. The van der Waals surface area contributed by atoms with Crippen LogP contribution in [0.3, 0.4) is 0 Å². The molecule has 3 nitrogen and oxygen atoms in total. The van der Waals surface area contributed by atoms with Crippen molar-refractivity contribution in [2.45, 2.75) is 45.6 Å². The summed E-state index contributed by atoms with van der Waals surface area (Å²) in [5, 5.41) is 11.5. The molecule has 3 atom stereocenters. The number of aliphatic hydroxyl groups is 1. The average Bonchev–Trinajstić information content (AvgIpc) is 2.78. The molecule has 1 aromatic rings. The van der Waals surface area contributed by atoms with Crippen LogP contribution in [-0.2, 0) is 5.60 Å². The Kier molecular flexibility index (Phi) is 2.17. The Morgan fingerprint density at radius 3 is 2.67 bits per heavy atom. The molecule has 2 aliphatic carbocycles. The topological polar surface area (TPSA) is 59.1 Å². The minimum Gasteiger partial charge on any atom is -0.398 e. The molecule has 1 heterocycles. The summed E-state index contributed by atoms with van der Waals surface area (Å²) in [5.41, 5.74) is 6.51. The van der Waals surface area contributed by atoms with Gasteiger partial charge in [0.05, 0.1) is 0 Å². The highest BCUT2D eigenvalue weighted by Crippen LogP contribution is 2.72. The quantitative estimate of drug-likeness (QED) is 0.801. The highest BCUT2D eigenvalue weighted by atomic mass is 16.3. The maximum Gasteiger partial charge on any atom is 0.104 e. The van der Waals surface area contributed by atoms with Gasteiger partial charge in [-0.25, -0.2) is 0 Å². The minimum absolute atomic E-state index is 0.0711. The van der Waals surface area contributed by atoms with Gasteiger partial charge in [-0.05, 0) is 31.2 Å². The molecule has 2 bridgehead atoms. The van der Waals surface area contributed by atoms with Gasteiger partial charge in [0.2, 0.25) is 0 Å². The molecular weight excluding hydrogens is 224 g/mol. The Balaban J connectivity index is 2.23. The molecule has 0 amide bonds. The summed E-state index contributed by atoms with van der Waals surface area (Å²) in [5.74, 6) is 0.576. The van der Waals surface area contributed by atoms with Crippen molar-refractivity contribution in [2.24, 2.45) is 16.7 Å². The van der Waals surface area contributed by atoms with E-state index in [9.17, 15) is 5.11 Å². The van der Waals surface area contributed by atoms with Gasteiger partial charge in [0, 0.05) is 34.5 Å². The van der Waals surface area contributed by atoms with Gasteiger partial charge in [-0.2, -0.15) is 0 Å². The number of rotatable bonds is 1. The average molecular weight is 246 g/mol. The second-order valence-corrected chi connectivity index (χ2v) is 6.90. The van der Waals surface area contributed by atoms with Gasteiger partial charge in [0.15, 0.2) is 0 Å². The van der Waals surface area contributed by atoms with Crippen molar-refractivity contribution in [3.05, 3.63) is 24.0 Å². The molecule has 3 N–H and O–H groups in total. The number of nitrogens with zero attached hydrogens (tertiary/aromatic N) is 1. The van der Waals surface area contributed by atoms with E-state index in [0.717, 1.165) is 18.4 Å². The highest BCUT2D eigenvalue weighted by Gasteiger charge is 2.69. The number of nitrogen functional groups attached to an aromatic ring is 1. The molecule has 3 rings (SSSR count). The van der Waals surface area contributed by atoms with E-state index in [1.54, 1.807) is 18.5 Å². The summed E-state index contributed by atoms with van der Waals surface area (Å²) in [6.07, 6.45) is 6.82. The van der Waals surface area contributed by atoms with E-state index in [1.165, 1.54) is 6.42 Å². The molecule has 0 spiro atoms. The van der Waals surface area contributed by atoms with Crippen LogP contribution in [0.4, 0.5) is 5.69 Å². The fourth-order valence-corrected chi connectivity index (χ4v) is 4.64. The summed E-state index contributed by atoms with van der Waals surface area (Å²) < 4.78 is 0. The van der Waals surface area contributed by atoms with Gasteiger partial charge >= 0.3 is 0 Å². The van der Waals surface area contributed by atoms with Crippen LogP contribution in [0.1, 0.15) is 45.6 Å². The zero-order valence-electron chi connectivity index (χ0n) is 11.4. The Bertz CT molecular complexity index is 492. The second-order valence-electron chi connectivity index (χ2n) is 6.90. The predicted molar refractivity (Wildman–Crippen MR) is 71.8 cm³/mol. The molecule has 1 aromatic heterocycles. The second kappa shape index (κ2) is 3.27. The number of hydrogen-bond acceptors (Lipinski definition) is 3. The molecule has 3 heteroatoms. The van der Waals surface area contributed by atoms with Crippen LogP contribution in [0.15, 0.2) is 18.5 Å². The van der Waals surface area contributed by atoms with Gasteiger partial charge in [-0.3, -0.25) is 4.98 Å². The zero-order valence-corrected chi connectivity index (χ0v) is 11.4. The largest absolute Gasteiger partial charge is 0.398 e. The van der Waals surface area contributed by atoms with Crippen LogP contribution < -0.4 is 5.73 Å². The molecule has 2 fully saturated rings. The van der Waals surface area contributed by atoms with Crippen LogP contribution in [0.5, 0.6) is 0 Å². The van der Waals surface area contributed by atoms with E-state index < -0.39 is 5.60 Å². The van der Waals surface area contributed by atoms with Crippen molar-refractivity contribution in [3.8, 4) is 0 Å². The van der Waals surface area contributed by atoms with Crippen molar-refractivity contribution < 1.29 is 5.11 Å². The lowest BCUT2D eigenvalue weighted by Gasteiger charge is -2.51.